The lowest BCUT2D eigenvalue weighted by molar-refractivity contribution is -0.145. The number of hydrogen-bond donors (Lipinski definition) is 2. The molecule has 3 atom stereocenters. The van der Waals surface area contributed by atoms with E-state index in [1.165, 1.54) is 19.3 Å². The lowest BCUT2D eigenvalue weighted by atomic mass is 9.53. The van der Waals surface area contributed by atoms with Gasteiger partial charge in [0, 0.05) is 0 Å². The van der Waals surface area contributed by atoms with E-state index >= 15 is 0 Å². The summed E-state index contributed by atoms with van der Waals surface area (Å²) in [6, 6.07) is 0. The summed E-state index contributed by atoms with van der Waals surface area (Å²) < 4.78 is 0. The molecule has 0 spiro atoms. The maximum Gasteiger partial charge on any atom is 0.303 e. The second-order valence-electron chi connectivity index (χ2n) is 4.64. The van der Waals surface area contributed by atoms with Gasteiger partial charge >= 0.3 is 5.97 Å². The van der Waals surface area contributed by atoms with E-state index in [1.807, 2.05) is 0 Å². The number of nitrogens with two attached hydrogens (primary N) is 1. The largest absolute Gasteiger partial charge is 0.481 e. The van der Waals surface area contributed by atoms with Crippen LogP contribution in [0.25, 0.3) is 0 Å². The molecule has 0 bridgehead atoms. The number of rotatable bonds is 3. The summed E-state index contributed by atoms with van der Waals surface area (Å²) in [5.74, 6) is 0.729. The van der Waals surface area contributed by atoms with Crippen LogP contribution in [0.2, 0.25) is 0 Å². The molecular weight excluding hydrogens is 166 g/mol. The molecule has 0 aromatic carbocycles. The smallest absolute Gasteiger partial charge is 0.303 e. The monoisotopic (exact) mass is 183 g/mol. The second-order valence-corrected chi connectivity index (χ2v) is 4.64. The van der Waals surface area contributed by atoms with Crippen molar-refractivity contribution < 1.29 is 9.90 Å². The fourth-order valence-corrected chi connectivity index (χ4v) is 3.41. The van der Waals surface area contributed by atoms with Crippen molar-refractivity contribution in [1.82, 2.24) is 0 Å². The van der Waals surface area contributed by atoms with Crippen LogP contribution in [0.5, 0.6) is 0 Å². The fraction of sp³-hybridized carbons (Fsp3) is 0.900. The van der Waals surface area contributed by atoms with Gasteiger partial charge in [0.25, 0.3) is 0 Å². The minimum absolute atomic E-state index is 0.0347. The van der Waals surface area contributed by atoms with Crippen molar-refractivity contribution in [1.29, 1.82) is 0 Å². The Hall–Kier alpha value is -0.570. The Bertz CT molecular complexity index is 229. The highest BCUT2D eigenvalue weighted by molar-refractivity contribution is 5.68. The first-order chi connectivity index (χ1) is 6.18. The molecule has 0 heterocycles. The average molecular weight is 183 g/mol. The van der Waals surface area contributed by atoms with Crippen molar-refractivity contribution in [2.75, 3.05) is 6.54 Å². The Balaban J connectivity index is 2.05. The lowest BCUT2D eigenvalue weighted by Gasteiger charge is -2.51. The molecule has 2 saturated carbocycles. The van der Waals surface area contributed by atoms with Crippen molar-refractivity contribution in [2.45, 2.75) is 32.1 Å². The quantitative estimate of drug-likeness (QED) is 0.691. The molecule has 2 aliphatic rings. The van der Waals surface area contributed by atoms with Gasteiger partial charge in [-0.1, -0.05) is 12.8 Å². The third-order valence-electron chi connectivity index (χ3n) is 4.02. The third kappa shape index (κ3) is 1.26. The molecule has 3 N–H and O–H groups in total. The minimum atomic E-state index is -0.684. The molecular formula is C10H17NO2. The van der Waals surface area contributed by atoms with E-state index in [-0.39, 0.29) is 11.8 Å². The van der Waals surface area contributed by atoms with Gasteiger partial charge in [-0.3, -0.25) is 4.79 Å². The van der Waals surface area contributed by atoms with Crippen LogP contribution in [0, 0.1) is 17.3 Å². The van der Waals surface area contributed by atoms with Gasteiger partial charge in [0.15, 0.2) is 0 Å². The van der Waals surface area contributed by atoms with Gasteiger partial charge in [-0.05, 0) is 36.6 Å². The van der Waals surface area contributed by atoms with Crippen LogP contribution in [-0.2, 0) is 4.79 Å². The summed E-state index contributed by atoms with van der Waals surface area (Å²) in [6.07, 6.45) is 5.11. The summed E-state index contributed by atoms with van der Waals surface area (Å²) in [5, 5.41) is 8.81. The fourth-order valence-electron chi connectivity index (χ4n) is 3.41. The van der Waals surface area contributed by atoms with Gasteiger partial charge in [0.2, 0.25) is 0 Å². The molecule has 0 aromatic rings. The molecule has 0 saturated heterocycles. The first-order valence-corrected chi connectivity index (χ1v) is 5.10. The summed E-state index contributed by atoms with van der Waals surface area (Å²) in [6.45, 7) is 0.556. The summed E-state index contributed by atoms with van der Waals surface area (Å²) in [7, 11) is 0. The minimum Gasteiger partial charge on any atom is -0.481 e. The van der Waals surface area contributed by atoms with Gasteiger partial charge in [-0.2, -0.15) is 0 Å². The first kappa shape index (κ1) is 9.00. The highest BCUT2D eigenvalue weighted by atomic mass is 16.4. The number of aliphatic carboxylic acids is 1. The number of hydrogen-bond acceptors (Lipinski definition) is 2. The Morgan fingerprint density at radius 1 is 1.54 bits per heavy atom. The third-order valence-corrected chi connectivity index (χ3v) is 4.02. The number of carbonyl (C=O) groups is 1. The van der Waals surface area contributed by atoms with Crippen molar-refractivity contribution in [3.63, 3.8) is 0 Å². The summed E-state index contributed by atoms with van der Waals surface area (Å²) >= 11 is 0. The standard InChI is InChI=1S/C10H17NO2/c11-6-10(5-9(12)13)4-7-2-1-3-8(7)10/h7-8H,1-6,11H2,(H,12,13)/t7-,8-,10-/m1/s1. The van der Waals surface area contributed by atoms with Crippen LogP contribution >= 0.6 is 0 Å². The Labute approximate surface area is 78.3 Å². The van der Waals surface area contributed by atoms with E-state index in [4.69, 9.17) is 10.8 Å². The molecule has 3 nitrogen and oxygen atoms in total. The highest BCUT2D eigenvalue weighted by Gasteiger charge is 2.55. The van der Waals surface area contributed by atoms with Crippen LogP contribution in [0.15, 0.2) is 0 Å². The molecule has 13 heavy (non-hydrogen) atoms. The lowest BCUT2D eigenvalue weighted by Crippen LogP contribution is -2.51. The molecule has 3 heteroatoms. The van der Waals surface area contributed by atoms with Gasteiger partial charge in [0.05, 0.1) is 6.42 Å². The van der Waals surface area contributed by atoms with Crippen LogP contribution in [0.3, 0.4) is 0 Å². The molecule has 0 radical (unpaired) electrons. The number of carboxylic acids is 1. The van der Waals surface area contributed by atoms with Crippen LogP contribution in [-0.4, -0.2) is 17.6 Å². The Kier molecular flexibility index (Phi) is 2.06. The summed E-state index contributed by atoms with van der Waals surface area (Å²) in [4.78, 5) is 10.7. The first-order valence-electron chi connectivity index (χ1n) is 5.10. The van der Waals surface area contributed by atoms with E-state index in [1.54, 1.807) is 0 Å². The van der Waals surface area contributed by atoms with E-state index < -0.39 is 5.97 Å². The maximum atomic E-state index is 10.7. The SMILES string of the molecule is NC[C@]1(CC(=O)O)C[C@H]2CCC[C@H]21. The van der Waals surface area contributed by atoms with E-state index in [2.05, 4.69) is 0 Å². The van der Waals surface area contributed by atoms with Gasteiger partial charge in [0.1, 0.15) is 0 Å². The van der Waals surface area contributed by atoms with Gasteiger partial charge in [-0.15, -0.1) is 0 Å². The van der Waals surface area contributed by atoms with Crippen molar-refractivity contribution >= 4 is 5.97 Å². The second kappa shape index (κ2) is 2.98. The number of fused-ring (bicyclic) bond motifs is 1. The zero-order valence-corrected chi connectivity index (χ0v) is 7.83. The Morgan fingerprint density at radius 3 is 2.85 bits per heavy atom. The predicted octanol–water partition coefficient (Wildman–Crippen LogP) is 1.23. The Morgan fingerprint density at radius 2 is 2.31 bits per heavy atom. The van der Waals surface area contributed by atoms with E-state index in [0.717, 1.165) is 12.3 Å². The van der Waals surface area contributed by atoms with E-state index in [0.29, 0.717) is 12.5 Å². The zero-order valence-electron chi connectivity index (χ0n) is 7.83. The molecule has 74 valence electrons. The topological polar surface area (TPSA) is 63.3 Å². The van der Waals surface area contributed by atoms with Crippen LogP contribution < -0.4 is 5.73 Å². The molecule has 2 fully saturated rings. The van der Waals surface area contributed by atoms with Crippen LogP contribution in [0.4, 0.5) is 0 Å². The highest BCUT2D eigenvalue weighted by Crippen LogP contribution is 2.60. The predicted molar refractivity (Wildman–Crippen MR) is 49.2 cm³/mol. The molecule has 2 aliphatic carbocycles. The molecule has 0 unspecified atom stereocenters. The molecule has 2 rings (SSSR count). The van der Waals surface area contributed by atoms with Crippen molar-refractivity contribution in [3.8, 4) is 0 Å². The normalized spacial score (nSPS) is 42.5. The van der Waals surface area contributed by atoms with Crippen molar-refractivity contribution in [2.24, 2.45) is 23.0 Å². The van der Waals surface area contributed by atoms with Gasteiger partial charge in [-0.25, -0.2) is 0 Å². The van der Waals surface area contributed by atoms with Gasteiger partial charge < -0.3 is 10.8 Å². The molecule has 0 aromatic heterocycles. The van der Waals surface area contributed by atoms with E-state index in [9.17, 15) is 4.79 Å². The average Bonchev–Trinajstić information content (AvgIpc) is 2.43. The van der Waals surface area contributed by atoms with Crippen LogP contribution in [0.1, 0.15) is 32.1 Å². The molecule has 0 amide bonds. The van der Waals surface area contributed by atoms with Crippen molar-refractivity contribution in [3.05, 3.63) is 0 Å². The maximum absolute atomic E-state index is 10.7. The molecule has 0 aliphatic heterocycles. The number of carboxylic acid groups (broad SMARTS) is 1. The zero-order chi connectivity index (χ0) is 9.47. The summed E-state index contributed by atoms with van der Waals surface area (Å²) in [5.41, 5.74) is 5.68.